The highest BCUT2D eigenvalue weighted by Gasteiger charge is 2.32. The largest absolute Gasteiger partial charge is 0.481 e. The van der Waals surface area contributed by atoms with Gasteiger partial charge >= 0.3 is 5.97 Å². The van der Waals surface area contributed by atoms with Crippen LogP contribution in [0.4, 0.5) is 0 Å². The first kappa shape index (κ1) is 15.7. The van der Waals surface area contributed by atoms with Gasteiger partial charge < -0.3 is 10.4 Å². The number of thioether (sulfide) groups is 1. The maximum Gasteiger partial charge on any atom is 0.305 e. The average molecular weight is 316 g/mol. The summed E-state index contributed by atoms with van der Waals surface area (Å²) in [6.07, 6.45) is 1.24. The number of amidine groups is 1. The zero-order chi connectivity index (χ0) is 16.1. The lowest BCUT2D eigenvalue weighted by molar-refractivity contribution is -0.138. The Morgan fingerprint density at radius 2 is 2.36 bits per heavy atom. The molecule has 0 aliphatic carbocycles. The minimum atomic E-state index is -1.04. The summed E-state index contributed by atoms with van der Waals surface area (Å²) in [5.41, 5.74) is 2.21. The van der Waals surface area contributed by atoms with Gasteiger partial charge in [-0.1, -0.05) is 17.8 Å². The van der Waals surface area contributed by atoms with E-state index < -0.39 is 11.2 Å². The number of hydrogen-bond donors (Lipinski definition) is 2. The lowest BCUT2D eigenvalue weighted by Gasteiger charge is -1.98. The van der Waals surface area contributed by atoms with Crippen LogP contribution in [0.5, 0.6) is 0 Å². The number of hydrogen-bond acceptors (Lipinski definition) is 6. The molecule has 112 valence electrons. The predicted molar refractivity (Wildman–Crippen MR) is 82.7 cm³/mol. The molecule has 1 fully saturated rings. The molecule has 2 N–H and O–H groups in total. The molecule has 0 bridgehead atoms. The molecule has 0 spiro atoms. The molecule has 1 amide bonds. The summed E-state index contributed by atoms with van der Waals surface area (Å²) in [6.45, 7) is 1.82. The van der Waals surface area contributed by atoms with Gasteiger partial charge in [0.2, 0.25) is 5.91 Å². The van der Waals surface area contributed by atoms with Gasteiger partial charge in [0.1, 0.15) is 5.25 Å². The Morgan fingerprint density at radius 3 is 3.00 bits per heavy atom. The second-order valence-electron chi connectivity index (χ2n) is 4.53. The summed E-state index contributed by atoms with van der Waals surface area (Å²) < 4.78 is 0. The quantitative estimate of drug-likeness (QED) is 0.641. The topological polar surface area (TPSA) is 115 Å². The average Bonchev–Trinajstić information content (AvgIpc) is 2.78. The van der Waals surface area contributed by atoms with E-state index in [-0.39, 0.29) is 17.5 Å². The number of carboxylic acids is 1. The lowest BCUT2D eigenvalue weighted by atomic mass is 10.1. The van der Waals surface area contributed by atoms with Gasteiger partial charge in [0.15, 0.2) is 5.17 Å². The van der Waals surface area contributed by atoms with E-state index in [1.807, 2.05) is 6.92 Å². The van der Waals surface area contributed by atoms with Crippen molar-refractivity contribution in [3.8, 4) is 6.07 Å². The number of benzene rings is 1. The predicted octanol–water partition coefficient (Wildman–Crippen LogP) is 1.26. The molecule has 2 rings (SSSR count). The fourth-order valence-corrected chi connectivity index (χ4v) is 2.70. The molecule has 1 saturated heterocycles. The van der Waals surface area contributed by atoms with Crippen LogP contribution in [0.25, 0.3) is 0 Å². The van der Waals surface area contributed by atoms with Gasteiger partial charge in [-0.15, -0.1) is 5.10 Å². The minimum Gasteiger partial charge on any atom is -0.481 e. The van der Waals surface area contributed by atoms with Crippen LogP contribution in [0.2, 0.25) is 0 Å². The van der Waals surface area contributed by atoms with Crippen molar-refractivity contribution in [3.05, 3.63) is 34.9 Å². The van der Waals surface area contributed by atoms with Crippen molar-refractivity contribution < 1.29 is 14.7 Å². The van der Waals surface area contributed by atoms with Gasteiger partial charge in [0.25, 0.3) is 0 Å². The van der Waals surface area contributed by atoms with Crippen LogP contribution in [0.15, 0.2) is 28.4 Å². The monoisotopic (exact) mass is 316 g/mol. The molecule has 7 nitrogen and oxygen atoms in total. The van der Waals surface area contributed by atoms with Crippen molar-refractivity contribution in [2.75, 3.05) is 0 Å². The highest BCUT2D eigenvalue weighted by molar-refractivity contribution is 8.15. The van der Waals surface area contributed by atoms with Gasteiger partial charge in [0, 0.05) is 0 Å². The number of rotatable bonds is 4. The van der Waals surface area contributed by atoms with Gasteiger partial charge in [-0.2, -0.15) is 10.4 Å². The van der Waals surface area contributed by atoms with E-state index in [1.165, 1.54) is 6.21 Å². The van der Waals surface area contributed by atoms with Crippen LogP contribution >= 0.6 is 11.8 Å². The molecule has 1 aromatic carbocycles. The Morgan fingerprint density at radius 1 is 1.59 bits per heavy atom. The number of carbonyl (C=O) groups is 2. The highest BCUT2D eigenvalue weighted by atomic mass is 32.2. The third-order valence-corrected chi connectivity index (χ3v) is 3.93. The molecule has 0 radical (unpaired) electrons. The molecule has 22 heavy (non-hydrogen) atoms. The van der Waals surface area contributed by atoms with Crippen molar-refractivity contribution in [1.29, 1.82) is 5.26 Å². The maximum atomic E-state index is 11.5. The summed E-state index contributed by atoms with van der Waals surface area (Å²) in [4.78, 5) is 22.1. The Bertz CT molecular complexity index is 721. The first-order chi connectivity index (χ1) is 10.5. The lowest BCUT2D eigenvalue weighted by Crippen LogP contribution is -2.26. The molecular formula is C14H12N4O3S. The number of aliphatic carboxylic acids is 1. The molecule has 1 aliphatic heterocycles. The first-order valence-corrected chi connectivity index (χ1v) is 7.18. The van der Waals surface area contributed by atoms with Gasteiger partial charge in [0.05, 0.1) is 24.3 Å². The number of amides is 1. The molecule has 0 saturated carbocycles. The SMILES string of the molecule is Cc1cc(C=NN=C2NC(=O)C(CC(=O)O)S2)ccc1C#N. The third kappa shape index (κ3) is 3.93. The summed E-state index contributed by atoms with van der Waals surface area (Å²) in [7, 11) is 0. The summed E-state index contributed by atoms with van der Waals surface area (Å²) in [6, 6.07) is 7.31. The Labute approximate surface area is 130 Å². The van der Waals surface area contributed by atoms with E-state index in [2.05, 4.69) is 21.6 Å². The molecule has 1 aromatic rings. The molecule has 1 unspecified atom stereocenters. The molecule has 1 heterocycles. The number of carbonyl (C=O) groups excluding carboxylic acids is 1. The van der Waals surface area contributed by atoms with E-state index in [9.17, 15) is 9.59 Å². The van der Waals surface area contributed by atoms with Gasteiger partial charge in [-0.3, -0.25) is 9.59 Å². The number of nitrogens with zero attached hydrogens (tertiary/aromatic N) is 3. The zero-order valence-corrected chi connectivity index (χ0v) is 12.4. The number of carboxylic acid groups (broad SMARTS) is 1. The van der Waals surface area contributed by atoms with Crippen molar-refractivity contribution in [2.24, 2.45) is 10.2 Å². The Hall–Kier alpha value is -2.66. The van der Waals surface area contributed by atoms with Crippen molar-refractivity contribution in [3.63, 3.8) is 0 Å². The maximum absolute atomic E-state index is 11.5. The van der Waals surface area contributed by atoms with Crippen LogP contribution in [0.3, 0.4) is 0 Å². The van der Waals surface area contributed by atoms with E-state index in [1.54, 1.807) is 18.2 Å². The van der Waals surface area contributed by atoms with Crippen LogP contribution in [-0.2, 0) is 9.59 Å². The smallest absolute Gasteiger partial charge is 0.305 e. The minimum absolute atomic E-state index is 0.256. The van der Waals surface area contributed by atoms with Gasteiger partial charge in [-0.05, 0) is 30.2 Å². The molecule has 1 aliphatic rings. The third-order valence-electron chi connectivity index (χ3n) is 2.86. The number of nitriles is 1. The normalized spacial score (nSPS) is 19.4. The fourth-order valence-electron chi connectivity index (χ4n) is 1.79. The van der Waals surface area contributed by atoms with Crippen molar-refractivity contribution in [2.45, 2.75) is 18.6 Å². The van der Waals surface area contributed by atoms with Crippen molar-refractivity contribution in [1.82, 2.24) is 5.32 Å². The van der Waals surface area contributed by atoms with Crippen LogP contribution in [0, 0.1) is 18.3 Å². The van der Waals surface area contributed by atoms with Crippen LogP contribution in [-0.4, -0.2) is 33.6 Å². The summed E-state index contributed by atoms with van der Waals surface area (Å²) in [5.74, 6) is -1.42. The van der Waals surface area contributed by atoms with E-state index >= 15 is 0 Å². The van der Waals surface area contributed by atoms with E-state index in [0.717, 1.165) is 22.9 Å². The van der Waals surface area contributed by atoms with E-state index in [0.29, 0.717) is 5.56 Å². The first-order valence-electron chi connectivity index (χ1n) is 6.30. The number of aryl methyl sites for hydroxylation is 1. The molecule has 1 atom stereocenters. The highest BCUT2D eigenvalue weighted by Crippen LogP contribution is 2.22. The fraction of sp³-hybridized carbons (Fsp3) is 0.214. The van der Waals surface area contributed by atoms with Crippen LogP contribution in [0.1, 0.15) is 23.1 Å². The van der Waals surface area contributed by atoms with Crippen molar-refractivity contribution >= 4 is 35.0 Å². The molecule has 0 aromatic heterocycles. The second-order valence-corrected chi connectivity index (χ2v) is 5.72. The summed E-state index contributed by atoms with van der Waals surface area (Å²) in [5, 5.41) is 27.3. The second kappa shape index (κ2) is 6.87. The Kier molecular flexibility index (Phi) is 4.91. The molecular weight excluding hydrogens is 304 g/mol. The summed E-state index contributed by atoms with van der Waals surface area (Å²) >= 11 is 1.04. The van der Waals surface area contributed by atoms with Gasteiger partial charge in [-0.25, -0.2) is 0 Å². The number of nitrogens with one attached hydrogen (secondary N) is 1. The Balaban J connectivity index is 2.03. The standard InChI is InChI=1S/C14H12N4O3S/c1-8-4-9(2-3-10(8)6-15)7-16-18-14-17-13(21)11(22-14)5-12(19)20/h2-4,7,11H,5H2,1H3,(H,19,20)(H,17,18,21). The zero-order valence-electron chi connectivity index (χ0n) is 11.6. The molecule has 8 heteroatoms. The van der Waals surface area contributed by atoms with E-state index in [4.69, 9.17) is 10.4 Å². The van der Waals surface area contributed by atoms with Crippen LogP contribution < -0.4 is 5.32 Å².